The lowest BCUT2D eigenvalue weighted by Gasteiger charge is -2.35. The van der Waals surface area contributed by atoms with Crippen molar-refractivity contribution in [2.75, 3.05) is 39.4 Å². The lowest BCUT2D eigenvalue weighted by atomic mass is 10.1. The van der Waals surface area contributed by atoms with Crippen molar-refractivity contribution in [1.82, 2.24) is 15.5 Å². The molecule has 1 unspecified atom stereocenters. The van der Waals surface area contributed by atoms with Crippen LogP contribution >= 0.6 is 0 Å². The molecule has 0 spiro atoms. The molecular formula is C13H27N3O2. The smallest absolute Gasteiger partial charge is 0.239 e. The summed E-state index contributed by atoms with van der Waals surface area (Å²) in [5, 5.41) is 6.32. The zero-order valence-corrected chi connectivity index (χ0v) is 12.1. The third-order valence-corrected chi connectivity index (χ3v) is 2.95. The third kappa shape index (κ3) is 5.33. The Bertz CT molecular complexity index is 263. The van der Waals surface area contributed by atoms with E-state index in [0.29, 0.717) is 19.8 Å². The van der Waals surface area contributed by atoms with Crippen LogP contribution in [0.5, 0.6) is 0 Å². The van der Waals surface area contributed by atoms with Gasteiger partial charge in [-0.25, -0.2) is 0 Å². The Hall–Kier alpha value is -0.650. The molecule has 1 heterocycles. The predicted molar refractivity (Wildman–Crippen MR) is 72.6 cm³/mol. The summed E-state index contributed by atoms with van der Waals surface area (Å²) in [5.41, 5.74) is 0.119. The van der Waals surface area contributed by atoms with Crippen LogP contribution in [-0.4, -0.2) is 61.8 Å². The lowest BCUT2D eigenvalue weighted by molar-refractivity contribution is -0.132. The number of nitrogens with zero attached hydrogens (tertiary/aromatic N) is 1. The maximum atomic E-state index is 11.9. The maximum Gasteiger partial charge on any atom is 0.239 e. The molecule has 1 rings (SSSR count). The largest absolute Gasteiger partial charge is 0.378 e. The van der Waals surface area contributed by atoms with Crippen molar-refractivity contribution in [3.8, 4) is 0 Å². The van der Waals surface area contributed by atoms with Gasteiger partial charge >= 0.3 is 0 Å². The zero-order chi connectivity index (χ0) is 13.6. The maximum absolute atomic E-state index is 11.9. The van der Waals surface area contributed by atoms with Crippen LogP contribution in [-0.2, 0) is 9.53 Å². The van der Waals surface area contributed by atoms with E-state index in [9.17, 15) is 4.79 Å². The second-order valence-corrected chi connectivity index (χ2v) is 5.70. The van der Waals surface area contributed by atoms with Crippen molar-refractivity contribution in [3.63, 3.8) is 0 Å². The fraction of sp³-hybridized carbons (Fsp3) is 0.923. The third-order valence-electron chi connectivity index (χ3n) is 2.95. The normalized spacial score (nSPS) is 21.9. The Morgan fingerprint density at radius 2 is 2.17 bits per heavy atom. The number of morpholine rings is 1. The summed E-state index contributed by atoms with van der Waals surface area (Å²) in [4.78, 5) is 14.1. The molecule has 0 saturated carbocycles. The van der Waals surface area contributed by atoms with Gasteiger partial charge in [-0.05, 0) is 27.7 Å². The number of carbonyl (C=O) groups excluding carboxylic acids is 1. The van der Waals surface area contributed by atoms with Crippen molar-refractivity contribution in [1.29, 1.82) is 0 Å². The number of hydrogen-bond acceptors (Lipinski definition) is 4. The second kappa shape index (κ2) is 7.07. The summed E-state index contributed by atoms with van der Waals surface area (Å²) < 4.78 is 5.40. The Morgan fingerprint density at radius 1 is 1.44 bits per heavy atom. The van der Waals surface area contributed by atoms with Gasteiger partial charge in [-0.15, -0.1) is 0 Å². The molecule has 18 heavy (non-hydrogen) atoms. The number of amides is 1. The number of ether oxygens (including phenoxy) is 1. The van der Waals surface area contributed by atoms with Gasteiger partial charge in [0.2, 0.25) is 5.91 Å². The molecule has 0 aromatic heterocycles. The highest BCUT2D eigenvalue weighted by atomic mass is 16.5. The molecule has 1 atom stereocenters. The van der Waals surface area contributed by atoms with Crippen LogP contribution in [0.2, 0.25) is 0 Å². The molecule has 0 aromatic carbocycles. The molecule has 1 saturated heterocycles. The van der Waals surface area contributed by atoms with Crippen LogP contribution in [0.25, 0.3) is 0 Å². The summed E-state index contributed by atoms with van der Waals surface area (Å²) in [5.74, 6) is 0.0768. The molecule has 1 aliphatic rings. The molecule has 1 amide bonds. The van der Waals surface area contributed by atoms with Crippen LogP contribution in [0.3, 0.4) is 0 Å². The van der Waals surface area contributed by atoms with Crippen LogP contribution in [0, 0.1) is 0 Å². The highest BCUT2D eigenvalue weighted by Crippen LogP contribution is 2.07. The van der Waals surface area contributed by atoms with Crippen LogP contribution in [0.4, 0.5) is 0 Å². The fourth-order valence-electron chi connectivity index (χ4n) is 2.01. The summed E-state index contributed by atoms with van der Waals surface area (Å²) in [6.07, 6.45) is 0. The van der Waals surface area contributed by atoms with Gasteiger partial charge in [-0.3, -0.25) is 9.69 Å². The van der Waals surface area contributed by atoms with Gasteiger partial charge in [0.1, 0.15) is 6.04 Å². The topological polar surface area (TPSA) is 53.6 Å². The van der Waals surface area contributed by atoms with Crippen LogP contribution < -0.4 is 10.6 Å². The van der Waals surface area contributed by atoms with E-state index in [1.165, 1.54) is 0 Å². The van der Waals surface area contributed by atoms with Crippen molar-refractivity contribution in [2.45, 2.75) is 39.3 Å². The Kier molecular flexibility index (Phi) is 6.05. The Labute approximate surface area is 110 Å². The second-order valence-electron chi connectivity index (χ2n) is 5.70. The van der Waals surface area contributed by atoms with E-state index in [1.807, 2.05) is 6.92 Å². The fourth-order valence-corrected chi connectivity index (χ4v) is 2.01. The molecule has 0 bridgehead atoms. The summed E-state index contributed by atoms with van der Waals surface area (Å²) in [6.45, 7) is 12.9. The monoisotopic (exact) mass is 257 g/mol. The molecule has 0 aliphatic carbocycles. The minimum absolute atomic E-state index is 0.0768. The summed E-state index contributed by atoms with van der Waals surface area (Å²) >= 11 is 0. The molecule has 106 valence electrons. The number of likely N-dealkylation sites (N-methyl/N-ethyl adjacent to an activating group) is 1. The molecular weight excluding hydrogens is 230 g/mol. The highest BCUT2D eigenvalue weighted by Gasteiger charge is 2.28. The molecule has 5 heteroatoms. The van der Waals surface area contributed by atoms with E-state index >= 15 is 0 Å². The summed E-state index contributed by atoms with van der Waals surface area (Å²) in [6, 6.07) is -0.138. The number of nitrogens with one attached hydrogen (secondary N) is 2. The standard InChI is InChI=1S/C13H27N3O2/c1-5-14-12(17)11-10-18-9-8-16(11)7-6-15-13(2,3)4/h11,15H,5-10H2,1-4H3,(H,14,17). The zero-order valence-electron chi connectivity index (χ0n) is 12.1. The SMILES string of the molecule is CCNC(=O)C1COCCN1CCNC(C)(C)C. The van der Waals surface area contributed by atoms with E-state index < -0.39 is 0 Å². The van der Waals surface area contributed by atoms with Gasteiger partial charge < -0.3 is 15.4 Å². The average molecular weight is 257 g/mol. The van der Waals surface area contributed by atoms with E-state index in [0.717, 1.165) is 19.6 Å². The van der Waals surface area contributed by atoms with Gasteiger partial charge in [0.25, 0.3) is 0 Å². The summed E-state index contributed by atoms with van der Waals surface area (Å²) in [7, 11) is 0. The number of hydrogen-bond donors (Lipinski definition) is 2. The van der Waals surface area contributed by atoms with E-state index in [4.69, 9.17) is 4.74 Å². The molecule has 0 aromatic rings. The van der Waals surface area contributed by atoms with Crippen LogP contribution in [0.1, 0.15) is 27.7 Å². The van der Waals surface area contributed by atoms with E-state index in [2.05, 4.69) is 36.3 Å². The van der Waals surface area contributed by atoms with Crippen molar-refractivity contribution in [3.05, 3.63) is 0 Å². The number of carbonyl (C=O) groups is 1. The molecule has 2 N–H and O–H groups in total. The van der Waals surface area contributed by atoms with Gasteiger partial charge in [-0.2, -0.15) is 0 Å². The molecule has 5 nitrogen and oxygen atoms in total. The minimum Gasteiger partial charge on any atom is -0.378 e. The van der Waals surface area contributed by atoms with Gasteiger partial charge in [-0.1, -0.05) is 0 Å². The van der Waals surface area contributed by atoms with E-state index in [-0.39, 0.29) is 17.5 Å². The van der Waals surface area contributed by atoms with Crippen molar-refractivity contribution < 1.29 is 9.53 Å². The first-order chi connectivity index (χ1) is 8.44. The number of rotatable bonds is 5. The van der Waals surface area contributed by atoms with Gasteiger partial charge in [0.15, 0.2) is 0 Å². The Balaban J connectivity index is 2.42. The van der Waals surface area contributed by atoms with Gasteiger partial charge in [0, 0.05) is 31.7 Å². The molecule has 0 radical (unpaired) electrons. The first-order valence-electron chi connectivity index (χ1n) is 6.78. The molecule has 1 aliphatic heterocycles. The van der Waals surface area contributed by atoms with E-state index in [1.54, 1.807) is 0 Å². The lowest BCUT2D eigenvalue weighted by Crippen LogP contribution is -2.55. The first-order valence-corrected chi connectivity index (χ1v) is 6.78. The molecule has 1 fully saturated rings. The first kappa shape index (κ1) is 15.4. The average Bonchev–Trinajstić information content (AvgIpc) is 2.28. The van der Waals surface area contributed by atoms with Crippen molar-refractivity contribution >= 4 is 5.91 Å². The quantitative estimate of drug-likeness (QED) is 0.739. The predicted octanol–water partition coefficient (Wildman–Crippen LogP) is 0.211. The minimum atomic E-state index is -0.138. The van der Waals surface area contributed by atoms with Crippen LogP contribution in [0.15, 0.2) is 0 Å². The van der Waals surface area contributed by atoms with Gasteiger partial charge in [0.05, 0.1) is 13.2 Å². The Morgan fingerprint density at radius 3 is 2.78 bits per heavy atom. The van der Waals surface area contributed by atoms with Crippen molar-refractivity contribution in [2.24, 2.45) is 0 Å². The highest BCUT2D eigenvalue weighted by molar-refractivity contribution is 5.81.